The lowest BCUT2D eigenvalue weighted by atomic mass is 9.37. The van der Waals surface area contributed by atoms with Crippen molar-refractivity contribution in [1.29, 1.82) is 0 Å². The summed E-state index contributed by atoms with van der Waals surface area (Å²) >= 11 is 0. The van der Waals surface area contributed by atoms with E-state index < -0.39 is 59.5 Å². The van der Waals surface area contributed by atoms with Gasteiger partial charge in [0.1, 0.15) is 30.5 Å². The molecule has 9 nitrogen and oxygen atoms in total. The lowest BCUT2D eigenvalue weighted by Gasteiger charge is -2.68. The van der Waals surface area contributed by atoms with Crippen LogP contribution in [0.1, 0.15) is 118 Å². The maximum Gasteiger partial charge on any atom is 0.310 e. The van der Waals surface area contributed by atoms with Crippen molar-refractivity contribution in [3.63, 3.8) is 0 Å². The number of hydrogen-bond donors (Lipinski definition) is 5. The van der Waals surface area contributed by atoms with E-state index in [1.54, 1.807) is 0 Å². The molecule has 1 aliphatic heterocycles. The van der Waals surface area contributed by atoms with Gasteiger partial charge in [-0.3, -0.25) is 4.79 Å². The van der Waals surface area contributed by atoms with Gasteiger partial charge in [0.15, 0.2) is 0 Å². The topological polar surface area (TPSA) is 157 Å². The van der Waals surface area contributed by atoms with Crippen molar-refractivity contribution in [2.75, 3.05) is 0 Å². The minimum absolute atomic E-state index is 0.0119. The number of unbranched alkanes of at least 4 members (excludes halogenated alkanes) is 1. The van der Waals surface area contributed by atoms with E-state index >= 15 is 0 Å². The number of fused-ring (bicyclic) bond motifs is 7. The van der Waals surface area contributed by atoms with Crippen molar-refractivity contribution in [3.05, 3.63) is 16.6 Å². The van der Waals surface area contributed by atoms with Crippen molar-refractivity contribution in [2.45, 2.75) is 160 Å². The van der Waals surface area contributed by atoms with Gasteiger partial charge in [0.25, 0.3) is 0 Å². The van der Waals surface area contributed by atoms with Gasteiger partial charge >= 0.3 is 5.97 Å². The highest BCUT2D eigenvalue weighted by molar-refractivity contribution is 5.76. The smallest absolute Gasteiger partial charge is 0.310 e. The molecule has 0 bridgehead atoms. The average molecular weight is 646 g/mol. The summed E-state index contributed by atoms with van der Waals surface area (Å²) < 4.78 is 6.33. The second kappa shape index (κ2) is 12.2. The highest BCUT2D eigenvalue weighted by atomic mass is 16.5. The van der Waals surface area contributed by atoms with Gasteiger partial charge in [-0.25, -0.2) is 0 Å². The van der Waals surface area contributed by atoms with Crippen LogP contribution < -0.4 is 0 Å². The summed E-state index contributed by atoms with van der Waals surface area (Å²) in [7, 11) is 0. The number of aliphatic hydroxyl groups is 4. The molecule has 1 heterocycles. The molecule has 0 aromatic carbocycles. The molecule has 5 N–H and O–H groups in total. The number of aliphatic hydroxyl groups excluding tert-OH is 3. The predicted molar refractivity (Wildman–Crippen MR) is 174 cm³/mol. The number of allylic oxidation sites excluding steroid dienone is 2. The molecule has 16 atom stereocenters. The minimum Gasteiger partial charge on any atom is -0.481 e. The largest absolute Gasteiger partial charge is 0.481 e. The van der Waals surface area contributed by atoms with Crippen LogP contribution in [0.5, 0.6) is 0 Å². The molecule has 0 amide bonds. The molecule has 0 spiro atoms. The summed E-state index contributed by atoms with van der Waals surface area (Å²) in [6.45, 7) is 10.9. The zero-order valence-corrected chi connectivity index (χ0v) is 28.6. The van der Waals surface area contributed by atoms with Crippen LogP contribution >= 0.6 is 0 Å². The molecule has 4 saturated carbocycles. The van der Waals surface area contributed by atoms with Gasteiger partial charge in [0, 0.05) is 5.92 Å². The van der Waals surface area contributed by atoms with Crippen LogP contribution in [0.3, 0.4) is 0 Å². The lowest BCUT2D eigenvalue weighted by molar-refractivity contribution is -0.280. The van der Waals surface area contributed by atoms with Crippen molar-refractivity contribution in [3.8, 4) is 0 Å². The molecule has 5 aliphatic carbocycles. The molecular weight excluding hydrogens is 586 g/mol. The molecule has 0 radical (unpaired) electrons. The van der Waals surface area contributed by atoms with E-state index in [-0.39, 0.29) is 22.7 Å². The van der Waals surface area contributed by atoms with E-state index in [0.29, 0.717) is 30.6 Å². The predicted octanol–water partition coefficient (Wildman–Crippen LogP) is 5.61. The number of carbonyl (C=O) groups is 1. The zero-order valence-electron chi connectivity index (χ0n) is 28.6. The van der Waals surface area contributed by atoms with E-state index in [0.717, 1.165) is 70.6 Å². The number of nitrogens with zero attached hydrogens (tertiary/aromatic N) is 1. The Morgan fingerprint density at radius 1 is 0.957 bits per heavy atom. The number of carboxylic acid groups (broad SMARTS) is 1. The SMILES string of the molecule is CCCCC(N=O)C1OC(C2CCC3(C)C4CC=C5C6CC(C)CCC6(C(=O)O)CCC5C4(C)CCC3[C@]2(C)O)C(O)C(O)C1O. The summed E-state index contributed by atoms with van der Waals surface area (Å²) in [5.41, 5.74) is -0.611. The first-order valence-electron chi connectivity index (χ1n) is 18.3. The first-order valence-corrected chi connectivity index (χ1v) is 18.3. The van der Waals surface area contributed by atoms with E-state index in [2.05, 4.69) is 32.0 Å². The minimum atomic E-state index is -1.50. The Morgan fingerprint density at radius 3 is 2.33 bits per heavy atom. The quantitative estimate of drug-likeness (QED) is 0.177. The summed E-state index contributed by atoms with van der Waals surface area (Å²) in [6, 6.07) is -0.848. The fourth-order valence-corrected chi connectivity index (χ4v) is 12.6. The third-order valence-electron chi connectivity index (χ3n) is 15.1. The van der Waals surface area contributed by atoms with E-state index in [1.165, 1.54) is 5.57 Å². The van der Waals surface area contributed by atoms with Gasteiger partial charge in [-0.15, -0.1) is 0 Å². The van der Waals surface area contributed by atoms with Gasteiger partial charge in [-0.1, -0.05) is 57.4 Å². The molecule has 1 saturated heterocycles. The Hall–Kier alpha value is -1.39. The molecule has 260 valence electrons. The zero-order chi connectivity index (χ0) is 33.4. The van der Waals surface area contributed by atoms with Gasteiger partial charge in [0.2, 0.25) is 0 Å². The van der Waals surface area contributed by atoms with Crippen LogP contribution in [0.4, 0.5) is 0 Å². The van der Waals surface area contributed by atoms with Gasteiger partial charge in [-0.05, 0) is 118 Å². The summed E-state index contributed by atoms with van der Waals surface area (Å²) in [5, 5.41) is 59.3. The maximum absolute atomic E-state index is 12.8. The second-order valence-corrected chi connectivity index (χ2v) is 17.3. The number of nitroso groups, excluding NO2 is 1. The van der Waals surface area contributed by atoms with Crippen LogP contribution in [0.25, 0.3) is 0 Å². The molecule has 46 heavy (non-hydrogen) atoms. The second-order valence-electron chi connectivity index (χ2n) is 17.3. The Kier molecular flexibility index (Phi) is 9.13. The van der Waals surface area contributed by atoms with Crippen LogP contribution in [0, 0.1) is 56.7 Å². The molecular formula is C37H59NO8. The molecule has 0 aromatic heterocycles. The molecule has 6 rings (SSSR count). The van der Waals surface area contributed by atoms with Crippen LogP contribution in [-0.4, -0.2) is 73.7 Å². The molecule has 9 heteroatoms. The third kappa shape index (κ3) is 4.99. The summed E-state index contributed by atoms with van der Waals surface area (Å²) in [5.74, 6) is 0.144. The molecule has 0 aromatic rings. The van der Waals surface area contributed by atoms with E-state index in [4.69, 9.17) is 4.74 Å². The third-order valence-corrected chi connectivity index (χ3v) is 15.1. The average Bonchev–Trinajstić information content (AvgIpc) is 3.01. The summed E-state index contributed by atoms with van der Waals surface area (Å²) in [6.07, 6.45) is 6.51. The first-order chi connectivity index (χ1) is 21.7. The molecule has 6 aliphatic rings. The highest BCUT2D eigenvalue weighted by Crippen LogP contribution is 2.71. The molecule has 15 unspecified atom stereocenters. The highest BCUT2D eigenvalue weighted by Gasteiger charge is 2.67. The number of ether oxygens (including phenoxy) is 1. The van der Waals surface area contributed by atoms with Crippen LogP contribution in [-0.2, 0) is 9.53 Å². The maximum atomic E-state index is 12.8. The number of carboxylic acids is 1. The van der Waals surface area contributed by atoms with Gasteiger partial charge < -0.3 is 30.3 Å². The van der Waals surface area contributed by atoms with Crippen molar-refractivity contribution in [1.82, 2.24) is 0 Å². The fraction of sp³-hybridized carbons (Fsp3) is 0.919. The Balaban J connectivity index is 1.28. The lowest BCUT2D eigenvalue weighted by Crippen LogP contribution is -2.69. The van der Waals surface area contributed by atoms with Gasteiger partial charge in [0.05, 0.1) is 17.1 Å². The number of aliphatic carboxylic acids is 1. The fourth-order valence-electron chi connectivity index (χ4n) is 12.6. The number of hydrogen-bond acceptors (Lipinski definition) is 8. The Morgan fingerprint density at radius 2 is 1.65 bits per heavy atom. The standard InChI is InChI=1S/C37H59NO8/c1-6-7-8-25(38-45)32-30(41)28(39)29(40)31(46-32)23-12-15-35(4)26-10-9-21-22(34(26,3)16-14-27(35)36(23,5)44)13-18-37(33(42)43)17-11-20(2)19-24(21)37/h9,20,22-32,39-41,44H,6-8,10-19H2,1-5H3,(H,42,43)/t20?,22?,23?,24?,25?,26?,27?,28?,29?,30?,31?,32?,34?,35?,36-,37?/m1/s1. The van der Waals surface area contributed by atoms with E-state index in [9.17, 15) is 35.2 Å². The van der Waals surface area contributed by atoms with Crippen molar-refractivity contribution < 1.29 is 35.1 Å². The van der Waals surface area contributed by atoms with Crippen molar-refractivity contribution >= 4 is 5.97 Å². The molecule has 5 fully saturated rings. The monoisotopic (exact) mass is 645 g/mol. The normalized spacial score (nSPS) is 52.6. The van der Waals surface area contributed by atoms with Crippen LogP contribution in [0.15, 0.2) is 16.8 Å². The van der Waals surface area contributed by atoms with Gasteiger partial charge in [-0.2, -0.15) is 4.91 Å². The summed E-state index contributed by atoms with van der Waals surface area (Å²) in [4.78, 5) is 24.6. The Labute approximate surface area is 274 Å². The Bertz CT molecular complexity index is 1210. The number of rotatable bonds is 7. The first kappa shape index (κ1) is 34.5. The van der Waals surface area contributed by atoms with Crippen molar-refractivity contribution in [2.24, 2.45) is 56.9 Å². The van der Waals surface area contributed by atoms with Crippen LogP contribution in [0.2, 0.25) is 0 Å². The van der Waals surface area contributed by atoms with E-state index in [1.807, 2.05) is 13.8 Å².